The zero-order valence-corrected chi connectivity index (χ0v) is 22.4. The zero-order chi connectivity index (χ0) is 24.2. The van der Waals surface area contributed by atoms with E-state index in [4.69, 9.17) is 0 Å². The van der Waals surface area contributed by atoms with E-state index in [1.807, 2.05) is 0 Å². The summed E-state index contributed by atoms with van der Waals surface area (Å²) in [5.74, 6) is 3.78. The molecule has 0 aromatic heterocycles. The lowest BCUT2D eigenvalue weighted by Crippen LogP contribution is -2.47. The van der Waals surface area contributed by atoms with Crippen LogP contribution < -0.4 is 0 Å². The minimum absolute atomic E-state index is 0.692. The van der Waals surface area contributed by atoms with E-state index in [1.54, 1.807) is 0 Å². The van der Waals surface area contributed by atoms with E-state index in [0.717, 1.165) is 5.54 Å². The van der Waals surface area contributed by atoms with Crippen LogP contribution in [-0.2, 0) is 0 Å². The molecule has 1 aliphatic rings. The van der Waals surface area contributed by atoms with Crippen LogP contribution in [-0.4, -0.2) is 8.07 Å². The van der Waals surface area contributed by atoms with E-state index in [0.29, 0.717) is 11.1 Å². The van der Waals surface area contributed by atoms with Gasteiger partial charge in [-0.05, 0) is 102 Å². The largest absolute Gasteiger partial charge is 0.147 e. The molecule has 1 aliphatic carbocycles. The van der Waals surface area contributed by atoms with Gasteiger partial charge in [0.1, 0.15) is 8.07 Å². The molecule has 174 valence electrons. The highest BCUT2D eigenvalue weighted by molar-refractivity contribution is 6.91. The molecule has 0 saturated heterocycles. The van der Waals surface area contributed by atoms with E-state index in [9.17, 15) is 0 Å². The summed E-state index contributed by atoms with van der Waals surface area (Å²) in [7, 11) is -1.71. The lowest BCUT2D eigenvalue weighted by atomic mass is 9.96. The lowest BCUT2D eigenvalue weighted by molar-refractivity contribution is 0.476. The number of fused-ring (bicyclic) bond motifs is 4. The zero-order valence-electron chi connectivity index (χ0n) is 21.4. The average Bonchev–Trinajstić information content (AvgIpc) is 2.81. The van der Waals surface area contributed by atoms with Crippen molar-refractivity contribution in [3.8, 4) is 11.5 Å². The minimum Gasteiger partial charge on any atom is -0.125 e. The number of benzene rings is 5. The van der Waals surface area contributed by atoms with E-state index >= 15 is 0 Å². The molecule has 1 saturated carbocycles. The van der Waals surface area contributed by atoms with Crippen molar-refractivity contribution in [3.05, 3.63) is 84.4 Å². The molecule has 1 fully saturated rings. The van der Waals surface area contributed by atoms with Crippen molar-refractivity contribution in [2.24, 2.45) is 0 Å². The highest BCUT2D eigenvalue weighted by Gasteiger charge is 2.48. The van der Waals surface area contributed by atoms with Crippen molar-refractivity contribution in [3.63, 3.8) is 0 Å². The summed E-state index contributed by atoms with van der Waals surface area (Å²) < 4.78 is 0. The van der Waals surface area contributed by atoms with Crippen molar-refractivity contribution >= 4 is 51.2 Å². The lowest BCUT2D eigenvalue weighted by Gasteiger charge is -2.45. The molecule has 0 nitrogen and oxygen atoms in total. The van der Waals surface area contributed by atoms with Gasteiger partial charge in [-0.25, -0.2) is 0 Å². The van der Waals surface area contributed by atoms with Crippen molar-refractivity contribution in [1.82, 2.24) is 0 Å². The molecule has 0 radical (unpaired) electrons. The first kappa shape index (κ1) is 22.4. The van der Waals surface area contributed by atoms with Gasteiger partial charge in [0.2, 0.25) is 0 Å². The number of rotatable bonds is 3. The molecular weight excluding hydrogens is 436 g/mol. The summed E-state index contributed by atoms with van der Waals surface area (Å²) in [4.78, 5) is 0. The maximum absolute atomic E-state index is 4.03. The SMILES string of the molecule is CC(C)[Si](C#Cc1cccc2cc3cc4cc5ccccc5cc4cc3cc12)(C(C)C)C1CCC1. The van der Waals surface area contributed by atoms with Crippen molar-refractivity contribution in [2.75, 3.05) is 0 Å². The first-order valence-corrected chi connectivity index (χ1v) is 15.5. The predicted octanol–water partition coefficient (Wildman–Crippen LogP) is 10.0. The fraction of sp³-hybridized carbons (Fsp3) is 0.294. The van der Waals surface area contributed by atoms with Crippen LogP contribution in [0.25, 0.3) is 43.1 Å². The maximum atomic E-state index is 4.03. The second-order valence-corrected chi connectivity index (χ2v) is 16.5. The first-order valence-electron chi connectivity index (χ1n) is 13.3. The van der Waals surface area contributed by atoms with Gasteiger partial charge in [-0.2, -0.15) is 0 Å². The van der Waals surface area contributed by atoms with E-state index in [2.05, 4.69) is 118 Å². The van der Waals surface area contributed by atoms with E-state index in [1.165, 1.54) is 67.9 Å². The first-order chi connectivity index (χ1) is 17.0. The van der Waals surface area contributed by atoms with Crippen LogP contribution in [0, 0.1) is 11.5 Å². The fourth-order valence-electron chi connectivity index (χ4n) is 6.64. The quantitative estimate of drug-likeness (QED) is 0.140. The van der Waals surface area contributed by atoms with Crippen LogP contribution in [0.1, 0.15) is 52.5 Å². The van der Waals surface area contributed by atoms with Gasteiger partial charge in [0.15, 0.2) is 0 Å². The van der Waals surface area contributed by atoms with Gasteiger partial charge in [0, 0.05) is 5.56 Å². The Kier molecular flexibility index (Phi) is 5.46. The monoisotopic (exact) mass is 470 g/mol. The Morgan fingerprint density at radius 3 is 1.69 bits per heavy atom. The van der Waals surface area contributed by atoms with Crippen LogP contribution in [0.15, 0.2) is 78.9 Å². The molecule has 1 heteroatoms. The second kappa shape index (κ2) is 8.54. The summed E-state index contributed by atoms with van der Waals surface area (Å²) in [5, 5.41) is 10.4. The molecule has 0 spiro atoms. The van der Waals surface area contributed by atoms with Crippen LogP contribution in [0.4, 0.5) is 0 Å². The standard InChI is InChI=1S/C34H34Si/c1-23(2)35(24(3)4,33-13-8-14-33)16-15-25-11-7-12-28-19-31-20-29-17-26-9-5-6-10-27(26)18-30(29)21-32(31)22-34(25)28/h5-7,9-12,17-24,33H,8,13-14H2,1-4H3. The summed E-state index contributed by atoms with van der Waals surface area (Å²) in [6.07, 6.45) is 4.17. The second-order valence-electron chi connectivity index (χ2n) is 11.2. The average molecular weight is 471 g/mol. The third-order valence-corrected chi connectivity index (χ3v) is 15.1. The molecule has 0 heterocycles. The Morgan fingerprint density at radius 1 is 0.629 bits per heavy atom. The fourth-order valence-corrected chi connectivity index (χ4v) is 12.4. The molecule has 5 aromatic carbocycles. The molecule has 0 atom stereocenters. The molecule has 0 unspecified atom stereocenters. The van der Waals surface area contributed by atoms with Gasteiger partial charge in [0.25, 0.3) is 0 Å². The van der Waals surface area contributed by atoms with Crippen molar-refractivity contribution in [1.29, 1.82) is 0 Å². The Morgan fingerprint density at radius 2 is 1.14 bits per heavy atom. The molecule has 0 aliphatic heterocycles. The topological polar surface area (TPSA) is 0 Å². The van der Waals surface area contributed by atoms with Crippen molar-refractivity contribution < 1.29 is 0 Å². The van der Waals surface area contributed by atoms with Gasteiger partial charge < -0.3 is 0 Å². The van der Waals surface area contributed by atoms with E-state index < -0.39 is 8.07 Å². The summed E-state index contributed by atoms with van der Waals surface area (Å²) in [6.45, 7) is 9.74. The van der Waals surface area contributed by atoms with Crippen LogP contribution in [0.2, 0.25) is 16.6 Å². The molecule has 6 rings (SSSR count). The summed E-state index contributed by atoms with van der Waals surface area (Å²) in [6, 6.07) is 29.4. The van der Waals surface area contributed by atoms with Crippen LogP contribution in [0.3, 0.4) is 0 Å². The van der Waals surface area contributed by atoms with Gasteiger partial charge in [0.05, 0.1) is 0 Å². The van der Waals surface area contributed by atoms with Gasteiger partial charge in [-0.15, -0.1) is 5.54 Å². The molecular formula is C34H34Si. The van der Waals surface area contributed by atoms with Crippen LogP contribution >= 0.6 is 0 Å². The van der Waals surface area contributed by atoms with Gasteiger partial charge in [-0.1, -0.05) is 89.3 Å². The third-order valence-electron chi connectivity index (χ3n) is 8.76. The van der Waals surface area contributed by atoms with Crippen LogP contribution in [0.5, 0.6) is 0 Å². The van der Waals surface area contributed by atoms with Gasteiger partial charge >= 0.3 is 0 Å². The normalized spacial score (nSPS) is 14.7. The highest BCUT2D eigenvalue weighted by atomic mass is 28.3. The Balaban J connectivity index is 1.53. The van der Waals surface area contributed by atoms with E-state index in [-0.39, 0.29) is 0 Å². The maximum Gasteiger partial charge on any atom is 0.147 e. The Hall–Kier alpha value is -3.08. The predicted molar refractivity (Wildman–Crippen MR) is 157 cm³/mol. The Bertz CT molecular complexity index is 1630. The summed E-state index contributed by atoms with van der Waals surface area (Å²) in [5.41, 5.74) is 7.48. The minimum atomic E-state index is -1.71. The smallest absolute Gasteiger partial charge is 0.125 e. The van der Waals surface area contributed by atoms with Gasteiger partial charge in [-0.3, -0.25) is 0 Å². The molecule has 0 amide bonds. The molecule has 0 bridgehead atoms. The third kappa shape index (κ3) is 3.67. The van der Waals surface area contributed by atoms with Crippen molar-refractivity contribution in [2.45, 2.75) is 63.6 Å². The number of hydrogen-bond donors (Lipinski definition) is 0. The number of hydrogen-bond acceptors (Lipinski definition) is 0. The Labute approximate surface area is 210 Å². The molecule has 0 N–H and O–H groups in total. The highest BCUT2D eigenvalue weighted by Crippen LogP contribution is 2.51. The summed E-state index contributed by atoms with van der Waals surface area (Å²) >= 11 is 0. The molecule has 5 aromatic rings. The molecule has 35 heavy (non-hydrogen) atoms.